The van der Waals surface area contributed by atoms with E-state index >= 15 is 0 Å². The fraction of sp³-hybridized carbons (Fsp3) is 0.333. The highest BCUT2D eigenvalue weighted by Crippen LogP contribution is 2.30. The number of amides is 3. The van der Waals surface area contributed by atoms with Crippen LogP contribution in [0.25, 0.3) is 0 Å². The molecule has 0 aromatic heterocycles. The number of nitrogens with one attached hydrogen (secondary N) is 2. The van der Waals surface area contributed by atoms with Crippen LogP contribution in [0.4, 0.5) is 10.5 Å². The predicted octanol–water partition coefficient (Wildman–Crippen LogP) is 2.85. The summed E-state index contributed by atoms with van der Waals surface area (Å²) in [5, 5.41) is 5.66. The fourth-order valence-corrected chi connectivity index (χ4v) is 2.87. The standard InChI is InChI=1S/C21H25N3O4/c1-14-5-4-6-17(15(14)2)23-20(25)13-24(3)21(26)22-12-16-7-8-18-19(11-16)28-10-9-27-18/h4-8,11H,9-10,12-13H2,1-3H3,(H,22,26)(H,23,25). The molecule has 1 heterocycles. The van der Waals surface area contributed by atoms with Crippen LogP contribution in [0.15, 0.2) is 36.4 Å². The number of hydrogen-bond donors (Lipinski definition) is 2. The molecule has 0 aliphatic carbocycles. The first-order valence-corrected chi connectivity index (χ1v) is 9.17. The molecule has 0 saturated heterocycles. The number of rotatable bonds is 5. The maximum atomic E-state index is 12.3. The molecule has 3 rings (SSSR count). The van der Waals surface area contributed by atoms with E-state index in [0.717, 1.165) is 22.4 Å². The van der Waals surface area contributed by atoms with Crippen LogP contribution in [0.1, 0.15) is 16.7 Å². The predicted molar refractivity (Wildman–Crippen MR) is 107 cm³/mol. The van der Waals surface area contributed by atoms with Gasteiger partial charge in [0.1, 0.15) is 19.8 Å². The molecule has 148 valence electrons. The van der Waals surface area contributed by atoms with Crippen molar-refractivity contribution in [3.8, 4) is 11.5 Å². The number of anilines is 1. The molecule has 1 aliphatic rings. The molecule has 0 saturated carbocycles. The summed E-state index contributed by atoms with van der Waals surface area (Å²) in [7, 11) is 1.59. The van der Waals surface area contributed by atoms with Crippen LogP contribution in [0, 0.1) is 13.8 Å². The fourth-order valence-electron chi connectivity index (χ4n) is 2.87. The number of carbonyl (C=O) groups excluding carboxylic acids is 2. The monoisotopic (exact) mass is 383 g/mol. The summed E-state index contributed by atoms with van der Waals surface area (Å²) in [6.07, 6.45) is 0. The molecule has 0 atom stereocenters. The van der Waals surface area contributed by atoms with Crippen LogP contribution >= 0.6 is 0 Å². The summed E-state index contributed by atoms with van der Waals surface area (Å²) in [4.78, 5) is 25.9. The molecule has 7 heteroatoms. The van der Waals surface area contributed by atoms with E-state index in [-0.39, 0.29) is 18.5 Å². The highest BCUT2D eigenvalue weighted by Gasteiger charge is 2.15. The molecule has 2 aromatic rings. The molecular weight excluding hydrogens is 358 g/mol. The van der Waals surface area contributed by atoms with Crippen molar-refractivity contribution in [3.63, 3.8) is 0 Å². The number of ether oxygens (including phenoxy) is 2. The Balaban J connectivity index is 1.50. The van der Waals surface area contributed by atoms with Crippen molar-refractivity contribution in [2.75, 3.05) is 32.1 Å². The minimum atomic E-state index is -0.328. The van der Waals surface area contributed by atoms with E-state index < -0.39 is 0 Å². The molecule has 0 unspecified atom stereocenters. The maximum absolute atomic E-state index is 12.3. The van der Waals surface area contributed by atoms with Gasteiger partial charge in [0.25, 0.3) is 0 Å². The van der Waals surface area contributed by atoms with E-state index in [1.165, 1.54) is 4.90 Å². The first-order valence-electron chi connectivity index (χ1n) is 9.17. The third-order valence-corrected chi connectivity index (χ3v) is 4.66. The van der Waals surface area contributed by atoms with Crippen LogP contribution in [0.5, 0.6) is 11.5 Å². The highest BCUT2D eigenvalue weighted by atomic mass is 16.6. The normalized spacial score (nSPS) is 12.2. The van der Waals surface area contributed by atoms with Gasteiger partial charge >= 0.3 is 6.03 Å². The molecule has 0 spiro atoms. The zero-order chi connectivity index (χ0) is 20.1. The lowest BCUT2D eigenvalue weighted by Gasteiger charge is -2.20. The van der Waals surface area contributed by atoms with Gasteiger partial charge in [-0.2, -0.15) is 0 Å². The summed E-state index contributed by atoms with van der Waals surface area (Å²) < 4.78 is 11.0. The van der Waals surface area contributed by atoms with E-state index in [2.05, 4.69) is 10.6 Å². The van der Waals surface area contributed by atoms with Crippen LogP contribution in [0.2, 0.25) is 0 Å². The van der Waals surface area contributed by atoms with Crippen LogP contribution in [0.3, 0.4) is 0 Å². The highest BCUT2D eigenvalue weighted by molar-refractivity contribution is 5.95. The van der Waals surface area contributed by atoms with Gasteiger partial charge in [-0.05, 0) is 48.7 Å². The molecule has 2 N–H and O–H groups in total. The molecular formula is C21H25N3O4. The van der Waals surface area contributed by atoms with E-state index in [1.807, 2.05) is 50.2 Å². The van der Waals surface area contributed by atoms with Gasteiger partial charge in [-0.25, -0.2) is 4.79 Å². The van der Waals surface area contributed by atoms with Gasteiger partial charge in [0.15, 0.2) is 11.5 Å². The summed E-state index contributed by atoms with van der Waals surface area (Å²) in [6.45, 7) is 5.29. The Hall–Kier alpha value is -3.22. The van der Waals surface area contributed by atoms with Crippen molar-refractivity contribution in [1.29, 1.82) is 0 Å². The lowest BCUT2D eigenvalue weighted by molar-refractivity contribution is -0.116. The Morgan fingerprint density at radius 2 is 1.82 bits per heavy atom. The Kier molecular flexibility index (Phi) is 6.03. The average Bonchev–Trinajstić information content (AvgIpc) is 2.69. The topological polar surface area (TPSA) is 79.9 Å². The molecule has 0 bridgehead atoms. The number of nitrogens with zero attached hydrogens (tertiary/aromatic N) is 1. The minimum Gasteiger partial charge on any atom is -0.486 e. The van der Waals surface area contributed by atoms with E-state index in [4.69, 9.17) is 9.47 Å². The second-order valence-electron chi connectivity index (χ2n) is 6.79. The minimum absolute atomic E-state index is 0.0413. The van der Waals surface area contributed by atoms with Gasteiger partial charge in [-0.3, -0.25) is 4.79 Å². The van der Waals surface area contributed by atoms with Gasteiger partial charge in [-0.15, -0.1) is 0 Å². The Labute approximate surface area is 164 Å². The lowest BCUT2D eigenvalue weighted by atomic mass is 10.1. The molecule has 1 aliphatic heterocycles. The van der Waals surface area contributed by atoms with Crippen LogP contribution < -0.4 is 20.1 Å². The molecule has 2 aromatic carbocycles. The summed E-state index contributed by atoms with van der Waals surface area (Å²) in [5.41, 5.74) is 3.77. The first kappa shape index (κ1) is 19.5. The molecule has 3 amide bonds. The summed E-state index contributed by atoms with van der Waals surface area (Å²) in [6, 6.07) is 11.0. The van der Waals surface area contributed by atoms with Crippen LogP contribution in [-0.2, 0) is 11.3 Å². The zero-order valence-electron chi connectivity index (χ0n) is 16.4. The van der Waals surface area contributed by atoms with E-state index in [9.17, 15) is 9.59 Å². The van der Waals surface area contributed by atoms with Gasteiger partial charge in [-0.1, -0.05) is 18.2 Å². The SMILES string of the molecule is Cc1cccc(NC(=O)CN(C)C(=O)NCc2ccc3c(c2)OCCO3)c1C. The van der Waals surface area contributed by atoms with E-state index in [1.54, 1.807) is 7.05 Å². The number of carbonyl (C=O) groups is 2. The second-order valence-corrected chi connectivity index (χ2v) is 6.79. The second kappa shape index (κ2) is 8.65. The number of hydrogen-bond acceptors (Lipinski definition) is 4. The van der Waals surface area contributed by atoms with Gasteiger partial charge in [0, 0.05) is 19.3 Å². The van der Waals surface area contributed by atoms with Crippen molar-refractivity contribution in [2.24, 2.45) is 0 Å². The maximum Gasteiger partial charge on any atom is 0.317 e. The summed E-state index contributed by atoms with van der Waals surface area (Å²) >= 11 is 0. The van der Waals surface area contributed by atoms with Crippen molar-refractivity contribution in [2.45, 2.75) is 20.4 Å². The van der Waals surface area contributed by atoms with Gasteiger partial charge in [0.2, 0.25) is 5.91 Å². The summed E-state index contributed by atoms with van der Waals surface area (Å²) in [5.74, 6) is 1.14. The van der Waals surface area contributed by atoms with Crippen molar-refractivity contribution >= 4 is 17.6 Å². The average molecular weight is 383 g/mol. The quantitative estimate of drug-likeness (QED) is 0.832. The smallest absolute Gasteiger partial charge is 0.317 e. The Morgan fingerprint density at radius 3 is 2.61 bits per heavy atom. The number of urea groups is 1. The third kappa shape index (κ3) is 4.73. The van der Waals surface area contributed by atoms with E-state index in [0.29, 0.717) is 31.3 Å². The number of aryl methyl sites for hydroxylation is 1. The molecule has 0 fully saturated rings. The number of likely N-dealkylation sites (N-methyl/N-ethyl adjacent to an activating group) is 1. The first-order chi connectivity index (χ1) is 13.4. The van der Waals surface area contributed by atoms with Crippen molar-refractivity contribution in [1.82, 2.24) is 10.2 Å². The number of fused-ring (bicyclic) bond motifs is 1. The Bertz CT molecular complexity index is 882. The lowest BCUT2D eigenvalue weighted by Crippen LogP contribution is -2.41. The third-order valence-electron chi connectivity index (χ3n) is 4.66. The Morgan fingerprint density at radius 1 is 1.07 bits per heavy atom. The molecule has 7 nitrogen and oxygen atoms in total. The van der Waals surface area contributed by atoms with Crippen LogP contribution in [-0.4, -0.2) is 43.6 Å². The zero-order valence-corrected chi connectivity index (χ0v) is 16.4. The molecule has 0 radical (unpaired) electrons. The molecule has 28 heavy (non-hydrogen) atoms. The van der Waals surface area contributed by atoms with Gasteiger partial charge in [0.05, 0.1) is 0 Å². The number of benzene rings is 2. The van der Waals surface area contributed by atoms with Crippen molar-refractivity contribution < 1.29 is 19.1 Å². The van der Waals surface area contributed by atoms with Gasteiger partial charge < -0.3 is 25.0 Å². The van der Waals surface area contributed by atoms with Crippen molar-refractivity contribution in [3.05, 3.63) is 53.1 Å². The largest absolute Gasteiger partial charge is 0.486 e.